The second-order valence-electron chi connectivity index (χ2n) is 4.52. The molecular formula is C13H19NO2. The summed E-state index contributed by atoms with van der Waals surface area (Å²) >= 11 is 0. The lowest BCUT2D eigenvalue weighted by atomic mass is 9.88. The molecule has 3 nitrogen and oxygen atoms in total. The minimum absolute atomic E-state index is 0.0686. The van der Waals surface area contributed by atoms with E-state index in [1.165, 1.54) is 0 Å². The first-order chi connectivity index (χ1) is 7.65. The highest BCUT2D eigenvalue weighted by atomic mass is 16.5. The van der Waals surface area contributed by atoms with Crippen molar-refractivity contribution in [2.45, 2.75) is 31.4 Å². The minimum atomic E-state index is -0.214. The summed E-state index contributed by atoms with van der Waals surface area (Å²) in [7, 11) is 1.66. The predicted molar refractivity (Wildman–Crippen MR) is 63.5 cm³/mol. The molecule has 0 spiro atoms. The summed E-state index contributed by atoms with van der Waals surface area (Å²) in [6.45, 7) is 2.91. The quantitative estimate of drug-likeness (QED) is 0.851. The van der Waals surface area contributed by atoms with Crippen molar-refractivity contribution in [2.24, 2.45) is 5.73 Å². The van der Waals surface area contributed by atoms with Crippen LogP contribution in [0.1, 0.15) is 31.4 Å². The van der Waals surface area contributed by atoms with Gasteiger partial charge in [0.15, 0.2) is 0 Å². The zero-order valence-corrected chi connectivity index (χ0v) is 9.90. The fourth-order valence-electron chi connectivity index (χ4n) is 2.21. The molecule has 1 fully saturated rings. The molecule has 0 radical (unpaired) electrons. The average molecular weight is 221 g/mol. The van der Waals surface area contributed by atoms with Crippen LogP contribution in [0.3, 0.4) is 0 Å². The standard InChI is InChI=1S/C13H19NO2/c1-13(8-3-9-16-13)12(14)10-4-6-11(15-2)7-5-10/h4-7,12H,3,8-9,14H2,1-2H3. The Kier molecular flexibility index (Phi) is 3.17. The van der Waals surface area contributed by atoms with Gasteiger partial charge in [-0.2, -0.15) is 0 Å². The van der Waals surface area contributed by atoms with E-state index in [4.69, 9.17) is 15.2 Å². The Morgan fingerprint density at radius 1 is 1.38 bits per heavy atom. The van der Waals surface area contributed by atoms with Gasteiger partial charge in [0.05, 0.1) is 18.8 Å². The molecular weight excluding hydrogens is 202 g/mol. The largest absolute Gasteiger partial charge is 0.497 e. The van der Waals surface area contributed by atoms with Crippen molar-refractivity contribution in [1.29, 1.82) is 0 Å². The Morgan fingerprint density at radius 2 is 2.06 bits per heavy atom. The molecule has 88 valence electrons. The summed E-state index contributed by atoms with van der Waals surface area (Å²) < 4.78 is 10.9. The van der Waals surface area contributed by atoms with Crippen LogP contribution in [-0.2, 0) is 4.74 Å². The number of nitrogens with two attached hydrogens (primary N) is 1. The highest BCUT2D eigenvalue weighted by Crippen LogP contribution is 2.36. The lowest BCUT2D eigenvalue weighted by Gasteiger charge is -2.30. The fourth-order valence-corrected chi connectivity index (χ4v) is 2.21. The van der Waals surface area contributed by atoms with Crippen molar-refractivity contribution >= 4 is 0 Å². The number of methoxy groups -OCH3 is 1. The van der Waals surface area contributed by atoms with Crippen LogP contribution in [0.4, 0.5) is 0 Å². The maximum Gasteiger partial charge on any atom is 0.118 e. The van der Waals surface area contributed by atoms with Gasteiger partial charge in [-0.3, -0.25) is 0 Å². The topological polar surface area (TPSA) is 44.5 Å². The summed E-state index contributed by atoms with van der Waals surface area (Å²) in [5, 5.41) is 0. The molecule has 1 aromatic carbocycles. The van der Waals surface area contributed by atoms with Gasteiger partial charge in [-0.05, 0) is 37.5 Å². The van der Waals surface area contributed by atoms with E-state index in [1.54, 1.807) is 7.11 Å². The molecule has 1 aromatic rings. The molecule has 1 saturated heterocycles. The van der Waals surface area contributed by atoms with Crippen molar-refractivity contribution in [3.63, 3.8) is 0 Å². The normalized spacial score (nSPS) is 26.7. The zero-order valence-electron chi connectivity index (χ0n) is 9.90. The molecule has 1 heterocycles. The Balaban J connectivity index is 2.16. The Morgan fingerprint density at radius 3 is 2.56 bits per heavy atom. The molecule has 0 saturated carbocycles. The first-order valence-corrected chi connectivity index (χ1v) is 5.69. The van der Waals surface area contributed by atoms with Gasteiger partial charge >= 0.3 is 0 Å². The monoisotopic (exact) mass is 221 g/mol. The van der Waals surface area contributed by atoms with Crippen LogP contribution in [0, 0.1) is 0 Å². The van der Waals surface area contributed by atoms with Crippen molar-refractivity contribution in [3.8, 4) is 5.75 Å². The van der Waals surface area contributed by atoms with E-state index in [-0.39, 0.29) is 11.6 Å². The van der Waals surface area contributed by atoms with Gasteiger partial charge in [0.1, 0.15) is 5.75 Å². The molecule has 1 aliphatic heterocycles. The van der Waals surface area contributed by atoms with Crippen LogP contribution >= 0.6 is 0 Å². The van der Waals surface area contributed by atoms with Crippen LogP contribution in [0.25, 0.3) is 0 Å². The van der Waals surface area contributed by atoms with Crippen molar-refractivity contribution in [2.75, 3.05) is 13.7 Å². The second-order valence-corrected chi connectivity index (χ2v) is 4.52. The Bertz CT molecular complexity index is 341. The molecule has 2 rings (SSSR count). The number of rotatable bonds is 3. The van der Waals surface area contributed by atoms with Gasteiger partial charge < -0.3 is 15.2 Å². The van der Waals surface area contributed by atoms with Crippen LogP contribution < -0.4 is 10.5 Å². The smallest absolute Gasteiger partial charge is 0.118 e. The highest BCUT2D eigenvalue weighted by molar-refractivity contribution is 5.30. The highest BCUT2D eigenvalue weighted by Gasteiger charge is 2.36. The van der Waals surface area contributed by atoms with E-state index >= 15 is 0 Å². The predicted octanol–water partition coefficient (Wildman–Crippen LogP) is 2.26. The van der Waals surface area contributed by atoms with Crippen LogP contribution in [0.15, 0.2) is 24.3 Å². The number of benzene rings is 1. The SMILES string of the molecule is COc1ccc(C(N)C2(C)CCCO2)cc1. The molecule has 2 N–H and O–H groups in total. The van der Waals surface area contributed by atoms with E-state index in [1.807, 2.05) is 24.3 Å². The third kappa shape index (κ3) is 2.06. The van der Waals surface area contributed by atoms with Crippen LogP contribution in [0.5, 0.6) is 5.75 Å². The summed E-state index contributed by atoms with van der Waals surface area (Å²) in [5.74, 6) is 0.855. The maximum atomic E-state index is 6.26. The first kappa shape index (κ1) is 11.4. The zero-order chi connectivity index (χ0) is 11.6. The van der Waals surface area contributed by atoms with E-state index < -0.39 is 0 Å². The maximum absolute atomic E-state index is 6.26. The molecule has 2 atom stereocenters. The summed E-state index contributed by atoms with van der Waals surface area (Å²) in [6, 6.07) is 7.83. The van der Waals surface area contributed by atoms with Crippen molar-refractivity contribution in [3.05, 3.63) is 29.8 Å². The fraction of sp³-hybridized carbons (Fsp3) is 0.538. The molecule has 16 heavy (non-hydrogen) atoms. The minimum Gasteiger partial charge on any atom is -0.497 e. The number of hydrogen-bond acceptors (Lipinski definition) is 3. The third-order valence-electron chi connectivity index (χ3n) is 3.38. The Labute approximate surface area is 96.5 Å². The molecule has 3 heteroatoms. The second kappa shape index (κ2) is 4.44. The summed E-state index contributed by atoms with van der Waals surface area (Å²) in [6.07, 6.45) is 2.13. The Hall–Kier alpha value is -1.06. The lowest BCUT2D eigenvalue weighted by molar-refractivity contribution is -0.00174. The molecule has 1 aliphatic rings. The van der Waals surface area contributed by atoms with Crippen LogP contribution in [-0.4, -0.2) is 19.3 Å². The van der Waals surface area contributed by atoms with E-state index in [9.17, 15) is 0 Å². The van der Waals surface area contributed by atoms with Gasteiger partial charge in [0.25, 0.3) is 0 Å². The van der Waals surface area contributed by atoms with Gasteiger partial charge in [-0.1, -0.05) is 12.1 Å². The van der Waals surface area contributed by atoms with Crippen molar-refractivity contribution in [1.82, 2.24) is 0 Å². The van der Waals surface area contributed by atoms with Gasteiger partial charge in [0, 0.05) is 6.61 Å². The average Bonchev–Trinajstić information content (AvgIpc) is 2.77. The van der Waals surface area contributed by atoms with E-state index in [2.05, 4.69) is 6.92 Å². The molecule has 2 unspecified atom stereocenters. The molecule has 0 aromatic heterocycles. The van der Waals surface area contributed by atoms with Gasteiger partial charge in [-0.15, -0.1) is 0 Å². The third-order valence-corrected chi connectivity index (χ3v) is 3.38. The van der Waals surface area contributed by atoms with Crippen LogP contribution in [0.2, 0.25) is 0 Å². The van der Waals surface area contributed by atoms with Crippen molar-refractivity contribution < 1.29 is 9.47 Å². The van der Waals surface area contributed by atoms with E-state index in [0.717, 1.165) is 30.8 Å². The summed E-state index contributed by atoms with van der Waals surface area (Å²) in [5.41, 5.74) is 7.15. The summed E-state index contributed by atoms with van der Waals surface area (Å²) in [4.78, 5) is 0. The van der Waals surface area contributed by atoms with Gasteiger partial charge in [-0.25, -0.2) is 0 Å². The molecule has 0 amide bonds. The van der Waals surface area contributed by atoms with Gasteiger partial charge in [0.2, 0.25) is 0 Å². The molecule has 0 aliphatic carbocycles. The number of hydrogen-bond donors (Lipinski definition) is 1. The lowest BCUT2D eigenvalue weighted by Crippen LogP contribution is -2.37. The number of ether oxygens (including phenoxy) is 2. The first-order valence-electron chi connectivity index (χ1n) is 5.69. The molecule has 0 bridgehead atoms. The van der Waals surface area contributed by atoms with E-state index in [0.29, 0.717) is 0 Å².